The summed E-state index contributed by atoms with van der Waals surface area (Å²) in [5.41, 5.74) is 0.875. The summed E-state index contributed by atoms with van der Waals surface area (Å²) in [4.78, 5) is 25.4. The molecule has 114 valence electrons. The molecular weight excluding hydrogens is 311 g/mol. The van der Waals surface area contributed by atoms with E-state index in [9.17, 15) is 9.59 Å². The van der Waals surface area contributed by atoms with Crippen molar-refractivity contribution >= 4 is 35.0 Å². The lowest BCUT2D eigenvalue weighted by Gasteiger charge is -2.19. The Hall–Kier alpha value is -1.26. The van der Waals surface area contributed by atoms with Crippen LogP contribution in [0.25, 0.3) is 0 Å². The van der Waals surface area contributed by atoms with E-state index < -0.39 is 0 Å². The normalized spacial score (nSPS) is 15.7. The molecule has 1 aliphatic rings. The maximum Gasteiger partial charge on any atom is 0.239 e. The molecule has 1 aliphatic heterocycles. The van der Waals surface area contributed by atoms with Crippen LogP contribution < -0.4 is 5.32 Å². The quantitative estimate of drug-likeness (QED) is 0.923. The molecule has 0 radical (unpaired) electrons. The Labute approximate surface area is 134 Å². The molecule has 0 aliphatic carbocycles. The zero-order valence-corrected chi connectivity index (χ0v) is 13.2. The lowest BCUT2D eigenvalue weighted by Crippen LogP contribution is -2.40. The molecule has 2 amide bonds. The molecule has 1 fully saturated rings. The average Bonchev–Trinajstić information content (AvgIpc) is 2.65. The van der Waals surface area contributed by atoms with Gasteiger partial charge in [0.05, 0.1) is 16.6 Å². The van der Waals surface area contributed by atoms with Gasteiger partial charge in [0, 0.05) is 19.5 Å². The van der Waals surface area contributed by atoms with Crippen molar-refractivity contribution < 1.29 is 9.59 Å². The number of hydrogen-bond acceptors (Lipinski definition) is 2. The first kappa shape index (κ1) is 16.1. The zero-order chi connectivity index (χ0) is 15.2. The lowest BCUT2D eigenvalue weighted by atomic mass is 10.2. The van der Waals surface area contributed by atoms with Gasteiger partial charge < -0.3 is 10.2 Å². The van der Waals surface area contributed by atoms with Crippen LogP contribution in [0.15, 0.2) is 18.2 Å². The first-order valence-electron chi connectivity index (χ1n) is 7.04. The van der Waals surface area contributed by atoms with E-state index >= 15 is 0 Å². The van der Waals surface area contributed by atoms with Crippen molar-refractivity contribution in [3.05, 3.63) is 33.8 Å². The summed E-state index contributed by atoms with van der Waals surface area (Å²) in [5, 5.41) is 3.75. The van der Waals surface area contributed by atoms with Gasteiger partial charge >= 0.3 is 0 Å². The van der Waals surface area contributed by atoms with Crippen molar-refractivity contribution in [2.75, 3.05) is 13.1 Å². The molecule has 0 atom stereocenters. The molecule has 1 N–H and O–H groups in total. The van der Waals surface area contributed by atoms with E-state index in [4.69, 9.17) is 23.2 Å². The topological polar surface area (TPSA) is 49.4 Å². The van der Waals surface area contributed by atoms with E-state index in [1.807, 2.05) is 6.07 Å². The molecular formula is C15H18Cl2N2O2. The Morgan fingerprint density at radius 2 is 2.00 bits per heavy atom. The Kier molecular flexibility index (Phi) is 5.88. The van der Waals surface area contributed by atoms with Crippen LogP contribution >= 0.6 is 23.2 Å². The van der Waals surface area contributed by atoms with E-state index in [-0.39, 0.29) is 18.4 Å². The smallest absolute Gasteiger partial charge is 0.239 e. The van der Waals surface area contributed by atoms with Crippen LogP contribution in [0.4, 0.5) is 0 Å². The molecule has 1 heterocycles. The minimum Gasteiger partial charge on any atom is -0.350 e. The van der Waals surface area contributed by atoms with Crippen molar-refractivity contribution in [1.82, 2.24) is 10.2 Å². The standard InChI is InChI=1S/C15H18Cl2N2O2/c16-12-6-5-11(8-13(12)17)9-18-14(20)10-19-7-3-1-2-4-15(19)21/h5-6,8H,1-4,7,9-10H2,(H,18,20). The predicted molar refractivity (Wildman–Crippen MR) is 83.4 cm³/mol. The summed E-state index contributed by atoms with van der Waals surface area (Å²) >= 11 is 11.8. The van der Waals surface area contributed by atoms with Gasteiger partial charge in [-0.2, -0.15) is 0 Å². The van der Waals surface area contributed by atoms with E-state index in [2.05, 4.69) is 5.32 Å². The lowest BCUT2D eigenvalue weighted by molar-refractivity contribution is -0.135. The van der Waals surface area contributed by atoms with E-state index in [1.54, 1.807) is 17.0 Å². The summed E-state index contributed by atoms with van der Waals surface area (Å²) in [7, 11) is 0. The Balaban J connectivity index is 1.83. The molecule has 21 heavy (non-hydrogen) atoms. The van der Waals surface area contributed by atoms with E-state index in [1.165, 1.54) is 0 Å². The Bertz CT molecular complexity index is 534. The maximum absolute atomic E-state index is 11.9. The third-order valence-electron chi connectivity index (χ3n) is 3.48. The summed E-state index contributed by atoms with van der Waals surface area (Å²) in [6, 6.07) is 5.23. The van der Waals surface area contributed by atoms with Crippen LogP contribution in [0.1, 0.15) is 31.2 Å². The van der Waals surface area contributed by atoms with Crippen molar-refractivity contribution in [1.29, 1.82) is 0 Å². The highest BCUT2D eigenvalue weighted by molar-refractivity contribution is 6.42. The third kappa shape index (κ3) is 4.90. The second-order valence-corrected chi connectivity index (χ2v) is 5.97. The van der Waals surface area contributed by atoms with Gasteiger partial charge in [0.2, 0.25) is 11.8 Å². The zero-order valence-electron chi connectivity index (χ0n) is 11.7. The van der Waals surface area contributed by atoms with Crippen LogP contribution in [0.2, 0.25) is 10.0 Å². The fourth-order valence-electron chi connectivity index (χ4n) is 2.29. The number of likely N-dealkylation sites (tertiary alicyclic amines) is 1. The van der Waals surface area contributed by atoms with Crippen LogP contribution in [0.5, 0.6) is 0 Å². The minimum atomic E-state index is -0.156. The van der Waals surface area contributed by atoms with Crippen LogP contribution in [0, 0.1) is 0 Å². The molecule has 1 aromatic rings. The van der Waals surface area contributed by atoms with Crippen LogP contribution in [-0.2, 0) is 16.1 Å². The Morgan fingerprint density at radius 3 is 2.76 bits per heavy atom. The van der Waals surface area contributed by atoms with Gasteiger partial charge in [0.1, 0.15) is 0 Å². The monoisotopic (exact) mass is 328 g/mol. The number of benzene rings is 1. The van der Waals surface area contributed by atoms with Gasteiger partial charge in [-0.25, -0.2) is 0 Å². The summed E-state index contributed by atoms with van der Waals surface area (Å²) in [5.74, 6) is -0.0893. The Morgan fingerprint density at radius 1 is 1.19 bits per heavy atom. The number of carbonyl (C=O) groups is 2. The van der Waals surface area contributed by atoms with Crippen molar-refractivity contribution in [2.45, 2.75) is 32.2 Å². The molecule has 0 spiro atoms. The van der Waals surface area contributed by atoms with E-state index in [0.29, 0.717) is 29.6 Å². The second kappa shape index (κ2) is 7.66. The van der Waals surface area contributed by atoms with Crippen molar-refractivity contribution in [3.63, 3.8) is 0 Å². The van der Waals surface area contributed by atoms with Crippen LogP contribution in [0.3, 0.4) is 0 Å². The van der Waals surface area contributed by atoms with Gasteiger partial charge in [0.15, 0.2) is 0 Å². The van der Waals surface area contributed by atoms with E-state index in [0.717, 1.165) is 24.8 Å². The number of hydrogen-bond donors (Lipinski definition) is 1. The molecule has 1 saturated heterocycles. The highest BCUT2D eigenvalue weighted by Crippen LogP contribution is 2.22. The molecule has 1 aromatic carbocycles. The number of amides is 2. The summed E-state index contributed by atoms with van der Waals surface area (Å²) in [6.07, 6.45) is 3.47. The first-order valence-corrected chi connectivity index (χ1v) is 7.80. The second-order valence-electron chi connectivity index (χ2n) is 5.15. The SMILES string of the molecule is O=C(CN1CCCCCC1=O)NCc1ccc(Cl)c(Cl)c1. The molecule has 6 heteroatoms. The average molecular weight is 329 g/mol. The van der Waals surface area contributed by atoms with Gasteiger partial charge in [-0.3, -0.25) is 9.59 Å². The number of rotatable bonds is 4. The van der Waals surface area contributed by atoms with Gasteiger partial charge in [0.25, 0.3) is 0 Å². The number of carbonyl (C=O) groups excluding carboxylic acids is 2. The molecule has 2 rings (SSSR count). The van der Waals surface area contributed by atoms with Crippen LogP contribution in [-0.4, -0.2) is 29.8 Å². The summed E-state index contributed by atoms with van der Waals surface area (Å²) < 4.78 is 0. The third-order valence-corrected chi connectivity index (χ3v) is 4.22. The number of nitrogens with one attached hydrogen (secondary N) is 1. The minimum absolute atomic E-state index is 0.0668. The highest BCUT2D eigenvalue weighted by atomic mass is 35.5. The molecule has 0 unspecified atom stereocenters. The van der Waals surface area contributed by atoms with Gasteiger partial charge in [-0.1, -0.05) is 35.7 Å². The first-order chi connectivity index (χ1) is 10.1. The maximum atomic E-state index is 11.9. The van der Waals surface area contributed by atoms with Gasteiger partial charge in [-0.05, 0) is 30.5 Å². The fourth-order valence-corrected chi connectivity index (χ4v) is 2.61. The molecule has 0 bridgehead atoms. The molecule has 0 saturated carbocycles. The summed E-state index contributed by atoms with van der Waals surface area (Å²) in [6.45, 7) is 1.16. The largest absolute Gasteiger partial charge is 0.350 e. The molecule has 4 nitrogen and oxygen atoms in total. The fraction of sp³-hybridized carbons (Fsp3) is 0.467. The van der Waals surface area contributed by atoms with Crippen molar-refractivity contribution in [3.8, 4) is 0 Å². The number of nitrogens with zero attached hydrogens (tertiary/aromatic N) is 1. The van der Waals surface area contributed by atoms with Crippen molar-refractivity contribution in [2.24, 2.45) is 0 Å². The van der Waals surface area contributed by atoms with Gasteiger partial charge in [-0.15, -0.1) is 0 Å². The highest BCUT2D eigenvalue weighted by Gasteiger charge is 2.18. The molecule has 0 aromatic heterocycles. The number of halogens is 2. The predicted octanol–water partition coefficient (Wildman–Crippen LogP) is 3.01.